The molecule has 1 heterocycles. The summed E-state index contributed by atoms with van der Waals surface area (Å²) in [5.74, 6) is 2.73. The third kappa shape index (κ3) is 3.67. The van der Waals surface area contributed by atoms with E-state index in [-0.39, 0.29) is 23.8 Å². The van der Waals surface area contributed by atoms with Gasteiger partial charge >= 0.3 is 0 Å². The summed E-state index contributed by atoms with van der Waals surface area (Å²) in [7, 11) is 0. The number of benzene rings is 1. The number of ether oxygens (including phenoxy) is 1. The van der Waals surface area contributed by atoms with Crippen molar-refractivity contribution in [2.45, 2.75) is 20.0 Å². The zero-order chi connectivity index (χ0) is 15.4. The smallest absolute Gasteiger partial charge is 0.294 e. The van der Waals surface area contributed by atoms with Crippen LogP contribution in [0.4, 0.5) is 4.79 Å². The van der Waals surface area contributed by atoms with Gasteiger partial charge in [0.05, 0.1) is 17.6 Å². The Balaban J connectivity index is 2.15. The number of terminal acetylenes is 1. The van der Waals surface area contributed by atoms with Gasteiger partial charge in [-0.1, -0.05) is 18.1 Å². The van der Waals surface area contributed by atoms with Crippen molar-refractivity contribution in [2.75, 3.05) is 6.54 Å². The van der Waals surface area contributed by atoms with Crippen molar-refractivity contribution in [3.8, 4) is 18.1 Å². The summed E-state index contributed by atoms with van der Waals surface area (Å²) < 4.78 is 5.55. The highest BCUT2D eigenvalue weighted by Gasteiger charge is 2.34. The van der Waals surface area contributed by atoms with Crippen molar-refractivity contribution in [2.24, 2.45) is 0 Å². The molecule has 1 aliphatic rings. The second-order valence-electron chi connectivity index (χ2n) is 4.71. The second-order valence-corrected chi connectivity index (χ2v) is 5.70. The number of carbonyl (C=O) groups excluding carboxylic acids is 2. The number of hydrogen-bond donors (Lipinski definition) is 0. The van der Waals surface area contributed by atoms with Gasteiger partial charge in [0.25, 0.3) is 11.1 Å². The fourth-order valence-corrected chi connectivity index (χ4v) is 2.63. The maximum atomic E-state index is 12.0. The molecule has 0 bridgehead atoms. The SMILES string of the molecule is C#CCN1C(=O)S/C(=C/c2ccc(OC(C)C)cc2)C1=O. The molecule has 1 fully saturated rings. The van der Waals surface area contributed by atoms with Crippen molar-refractivity contribution in [1.29, 1.82) is 0 Å². The van der Waals surface area contributed by atoms with Crippen LogP contribution in [0.1, 0.15) is 19.4 Å². The Morgan fingerprint density at radius 1 is 1.33 bits per heavy atom. The minimum Gasteiger partial charge on any atom is -0.491 e. The Hall–Kier alpha value is -2.19. The number of carbonyl (C=O) groups is 2. The van der Waals surface area contributed by atoms with Gasteiger partial charge in [0, 0.05) is 0 Å². The summed E-state index contributed by atoms with van der Waals surface area (Å²) in [6.07, 6.45) is 6.94. The summed E-state index contributed by atoms with van der Waals surface area (Å²) in [4.78, 5) is 25.1. The molecule has 0 unspecified atom stereocenters. The summed E-state index contributed by atoms with van der Waals surface area (Å²) in [5, 5.41) is -0.330. The zero-order valence-corrected chi connectivity index (χ0v) is 12.6. The molecule has 0 atom stereocenters. The van der Waals surface area contributed by atoms with Crippen LogP contribution >= 0.6 is 11.8 Å². The van der Waals surface area contributed by atoms with Gasteiger partial charge < -0.3 is 4.74 Å². The van der Waals surface area contributed by atoms with Crippen LogP contribution in [0, 0.1) is 12.3 Å². The molecule has 5 heteroatoms. The van der Waals surface area contributed by atoms with Gasteiger partial charge in [-0.15, -0.1) is 6.42 Å². The van der Waals surface area contributed by atoms with E-state index in [1.807, 2.05) is 38.1 Å². The van der Waals surface area contributed by atoms with Crippen LogP contribution in [0.5, 0.6) is 5.75 Å². The van der Waals surface area contributed by atoms with Gasteiger partial charge in [0.1, 0.15) is 5.75 Å². The first-order valence-corrected chi connectivity index (χ1v) is 7.28. The topological polar surface area (TPSA) is 46.6 Å². The maximum Gasteiger partial charge on any atom is 0.294 e. The summed E-state index contributed by atoms with van der Waals surface area (Å²) >= 11 is 0.903. The van der Waals surface area contributed by atoms with E-state index in [1.165, 1.54) is 0 Å². The molecule has 21 heavy (non-hydrogen) atoms. The highest BCUT2D eigenvalue weighted by atomic mass is 32.2. The van der Waals surface area contributed by atoms with E-state index in [0.717, 1.165) is 28.0 Å². The molecule has 1 aliphatic heterocycles. The molecule has 1 aromatic rings. The molecule has 108 valence electrons. The van der Waals surface area contributed by atoms with Gasteiger partial charge in [-0.2, -0.15) is 0 Å². The lowest BCUT2D eigenvalue weighted by atomic mass is 10.2. The number of imide groups is 1. The van der Waals surface area contributed by atoms with Crippen LogP contribution in [-0.4, -0.2) is 28.7 Å². The van der Waals surface area contributed by atoms with E-state index in [4.69, 9.17) is 11.2 Å². The van der Waals surface area contributed by atoms with Crippen LogP contribution in [0.2, 0.25) is 0 Å². The van der Waals surface area contributed by atoms with E-state index in [0.29, 0.717) is 4.91 Å². The van der Waals surface area contributed by atoms with Crippen LogP contribution in [0.15, 0.2) is 29.2 Å². The number of rotatable bonds is 4. The van der Waals surface area contributed by atoms with Crippen LogP contribution in [-0.2, 0) is 4.79 Å². The van der Waals surface area contributed by atoms with Gasteiger partial charge in [0.15, 0.2) is 0 Å². The van der Waals surface area contributed by atoms with Crippen LogP contribution in [0.3, 0.4) is 0 Å². The molecule has 0 aromatic heterocycles. The third-order valence-electron chi connectivity index (χ3n) is 2.67. The van der Waals surface area contributed by atoms with E-state index in [9.17, 15) is 9.59 Å². The molecule has 1 aromatic carbocycles. The van der Waals surface area contributed by atoms with Crippen LogP contribution in [0.25, 0.3) is 6.08 Å². The Bertz CT molecular complexity index is 626. The lowest BCUT2D eigenvalue weighted by Gasteiger charge is -2.09. The third-order valence-corrected chi connectivity index (χ3v) is 3.58. The number of thioether (sulfide) groups is 1. The molecule has 1 saturated heterocycles. The highest BCUT2D eigenvalue weighted by molar-refractivity contribution is 8.18. The predicted molar refractivity (Wildman–Crippen MR) is 83.7 cm³/mol. The maximum absolute atomic E-state index is 12.0. The average molecular weight is 301 g/mol. The van der Waals surface area contributed by atoms with Gasteiger partial charge in [0.2, 0.25) is 0 Å². The first-order valence-electron chi connectivity index (χ1n) is 6.47. The van der Waals surface area contributed by atoms with Crippen LogP contribution < -0.4 is 4.74 Å². The largest absolute Gasteiger partial charge is 0.491 e. The standard InChI is InChI=1S/C16H15NO3S/c1-4-9-17-15(18)14(21-16(17)19)10-12-5-7-13(8-6-12)20-11(2)3/h1,5-8,10-11H,9H2,2-3H3/b14-10+. The normalized spacial score (nSPS) is 16.7. The fourth-order valence-electron chi connectivity index (χ4n) is 1.79. The first kappa shape index (κ1) is 15.2. The van der Waals surface area contributed by atoms with E-state index >= 15 is 0 Å². The minimum atomic E-state index is -0.342. The Labute approximate surface area is 128 Å². The van der Waals surface area contributed by atoms with Crippen molar-refractivity contribution >= 4 is 29.0 Å². The minimum absolute atomic E-state index is 0.00315. The summed E-state index contributed by atoms with van der Waals surface area (Å²) in [6.45, 7) is 3.91. The quantitative estimate of drug-likeness (QED) is 0.633. The van der Waals surface area contributed by atoms with Crippen molar-refractivity contribution < 1.29 is 14.3 Å². The molecular formula is C16H15NO3S. The number of nitrogens with zero attached hydrogens (tertiary/aromatic N) is 1. The molecule has 0 radical (unpaired) electrons. The summed E-state index contributed by atoms with van der Waals surface area (Å²) in [6, 6.07) is 7.34. The van der Waals surface area contributed by atoms with Gasteiger partial charge in [-0.05, 0) is 49.4 Å². The van der Waals surface area contributed by atoms with E-state index in [1.54, 1.807) is 6.08 Å². The molecule has 2 rings (SSSR count). The zero-order valence-electron chi connectivity index (χ0n) is 11.8. The molecule has 0 saturated carbocycles. The highest BCUT2D eigenvalue weighted by Crippen LogP contribution is 2.32. The summed E-state index contributed by atoms with van der Waals surface area (Å²) in [5.41, 5.74) is 0.831. The van der Waals surface area contributed by atoms with E-state index in [2.05, 4.69) is 5.92 Å². The molecular weight excluding hydrogens is 286 g/mol. The van der Waals surface area contributed by atoms with Crippen molar-refractivity contribution in [3.05, 3.63) is 34.7 Å². The fraction of sp³-hybridized carbons (Fsp3) is 0.250. The molecule has 0 aliphatic carbocycles. The lowest BCUT2D eigenvalue weighted by molar-refractivity contribution is -0.122. The number of hydrogen-bond acceptors (Lipinski definition) is 4. The first-order chi connectivity index (χ1) is 10.0. The molecule has 4 nitrogen and oxygen atoms in total. The Morgan fingerprint density at radius 2 is 2.00 bits per heavy atom. The second kappa shape index (κ2) is 6.51. The Morgan fingerprint density at radius 3 is 2.57 bits per heavy atom. The van der Waals surface area contributed by atoms with Gasteiger partial charge in [-0.25, -0.2) is 0 Å². The van der Waals surface area contributed by atoms with Crippen molar-refractivity contribution in [1.82, 2.24) is 4.90 Å². The Kier molecular flexibility index (Phi) is 4.71. The average Bonchev–Trinajstić information content (AvgIpc) is 2.69. The predicted octanol–water partition coefficient (Wildman–Crippen LogP) is 3.14. The lowest BCUT2D eigenvalue weighted by Crippen LogP contribution is -2.28. The number of amides is 2. The molecule has 2 amide bonds. The van der Waals surface area contributed by atoms with Gasteiger partial charge in [-0.3, -0.25) is 14.5 Å². The van der Waals surface area contributed by atoms with E-state index < -0.39 is 0 Å². The molecule has 0 N–H and O–H groups in total. The van der Waals surface area contributed by atoms with Crippen molar-refractivity contribution in [3.63, 3.8) is 0 Å². The monoisotopic (exact) mass is 301 g/mol. The molecule has 0 spiro atoms.